The minimum absolute atomic E-state index is 0.0851. The van der Waals surface area contributed by atoms with Gasteiger partial charge < -0.3 is 9.64 Å². The van der Waals surface area contributed by atoms with Gasteiger partial charge in [0.15, 0.2) is 0 Å². The predicted octanol–water partition coefficient (Wildman–Crippen LogP) is 6.35. The highest BCUT2D eigenvalue weighted by Gasteiger charge is 2.52. The smallest absolute Gasteiger partial charge is 0.264 e. The molecule has 7 nitrogen and oxygen atoms in total. The largest absolute Gasteiger partial charge is 0.494 e. The highest BCUT2D eigenvalue weighted by molar-refractivity contribution is 7.90. The van der Waals surface area contributed by atoms with E-state index in [1.807, 2.05) is 31.2 Å². The number of rotatable bonds is 10. The minimum Gasteiger partial charge on any atom is -0.494 e. The van der Waals surface area contributed by atoms with E-state index in [0.717, 1.165) is 63.4 Å². The van der Waals surface area contributed by atoms with E-state index in [1.165, 1.54) is 36.0 Å². The van der Waals surface area contributed by atoms with Crippen LogP contribution < -0.4 is 14.4 Å². The number of sulfonamides is 1. The average Bonchev–Trinajstić information content (AvgIpc) is 3.01. The Balaban J connectivity index is 0.934. The first kappa shape index (κ1) is 30.3. The molecular formula is C37H45N3O4S. The molecule has 3 aromatic rings. The molecule has 1 heterocycles. The standard InChI is InChI=1S/C37H45N3O4S/c1-2-44-34-8-5-7-31(21-34)35-9-4-3-6-32(35)25-39-14-16-40(17-15-39)33-12-10-30(11-13-33)36(41)38-45(42,43)26-37-22-27-18-28(23-37)20-29(19-27)24-37/h3-13,21,27-29H,2,14-20,22-26H2,1H3,(H,38,41). The van der Waals surface area contributed by atoms with E-state index >= 15 is 0 Å². The third-order valence-electron chi connectivity index (χ3n) is 10.6. The van der Waals surface area contributed by atoms with Gasteiger partial charge in [-0.25, -0.2) is 13.1 Å². The van der Waals surface area contributed by atoms with Gasteiger partial charge in [0.2, 0.25) is 10.0 Å². The minimum atomic E-state index is -3.70. The molecule has 45 heavy (non-hydrogen) atoms. The average molecular weight is 628 g/mol. The number of carbonyl (C=O) groups is 1. The summed E-state index contributed by atoms with van der Waals surface area (Å²) in [7, 11) is -3.70. The van der Waals surface area contributed by atoms with Gasteiger partial charge in [0.25, 0.3) is 5.91 Å². The number of amides is 1. The second-order valence-corrected chi connectivity index (χ2v) is 15.8. The molecule has 0 atom stereocenters. The maximum absolute atomic E-state index is 13.2. The summed E-state index contributed by atoms with van der Waals surface area (Å²) in [6.07, 6.45) is 6.82. The fraction of sp³-hybridized carbons (Fsp3) is 0.486. The highest BCUT2D eigenvalue weighted by atomic mass is 32.2. The summed E-state index contributed by atoms with van der Waals surface area (Å²) in [5.41, 5.74) is 5.00. The summed E-state index contributed by atoms with van der Waals surface area (Å²) in [4.78, 5) is 17.8. The third-order valence-corrected chi connectivity index (χ3v) is 12.1. The number of nitrogens with zero attached hydrogens (tertiary/aromatic N) is 2. The van der Waals surface area contributed by atoms with Crippen LogP contribution >= 0.6 is 0 Å². The molecule has 1 aliphatic heterocycles. The Kier molecular flexibility index (Phi) is 8.38. The molecule has 1 amide bonds. The molecule has 3 aromatic carbocycles. The van der Waals surface area contributed by atoms with Crippen LogP contribution in [-0.4, -0.2) is 57.8 Å². The van der Waals surface area contributed by atoms with Gasteiger partial charge in [-0.05, 0) is 122 Å². The summed E-state index contributed by atoms with van der Waals surface area (Å²) in [6.45, 7) is 7.15. The van der Waals surface area contributed by atoms with Crippen molar-refractivity contribution in [2.24, 2.45) is 23.2 Å². The number of hydrogen-bond donors (Lipinski definition) is 1. The number of anilines is 1. The lowest BCUT2D eigenvalue weighted by atomic mass is 9.50. The van der Waals surface area contributed by atoms with Crippen molar-refractivity contribution in [3.05, 3.63) is 83.9 Å². The molecule has 0 unspecified atom stereocenters. The van der Waals surface area contributed by atoms with Crippen LogP contribution in [0.4, 0.5) is 5.69 Å². The molecule has 238 valence electrons. The Morgan fingerprint density at radius 3 is 2.20 bits per heavy atom. The van der Waals surface area contributed by atoms with Crippen LogP contribution in [0.3, 0.4) is 0 Å². The first-order valence-electron chi connectivity index (χ1n) is 16.7. The maximum Gasteiger partial charge on any atom is 0.264 e. The number of carbonyl (C=O) groups excluding carboxylic acids is 1. The normalized spacial score (nSPS) is 26.2. The van der Waals surface area contributed by atoms with Crippen LogP contribution in [-0.2, 0) is 16.6 Å². The Morgan fingerprint density at radius 1 is 0.867 bits per heavy atom. The van der Waals surface area contributed by atoms with E-state index < -0.39 is 15.9 Å². The maximum atomic E-state index is 13.2. The highest BCUT2D eigenvalue weighted by Crippen LogP contribution is 2.60. The monoisotopic (exact) mass is 627 g/mol. The second-order valence-electron chi connectivity index (χ2n) is 14.0. The van der Waals surface area contributed by atoms with Crippen molar-refractivity contribution >= 4 is 21.6 Å². The van der Waals surface area contributed by atoms with E-state index in [1.54, 1.807) is 12.1 Å². The summed E-state index contributed by atoms with van der Waals surface area (Å²) in [5, 5.41) is 0. The molecule has 0 radical (unpaired) electrons. The summed E-state index contributed by atoms with van der Waals surface area (Å²) >= 11 is 0. The lowest BCUT2D eigenvalue weighted by molar-refractivity contribution is -0.0391. The molecule has 5 fully saturated rings. The lowest BCUT2D eigenvalue weighted by Gasteiger charge is -2.56. The van der Waals surface area contributed by atoms with Crippen LogP contribution in [0.2, 0.25) is 0 Å². The molecule has 0 aromatic heterocycles. The topological polar surface area (TPSA) is 79.0 Å². The summed E-state index contributed by atoms with van der Waals surface area (Å²) in [6, 6.07) is 24.3. The SMILES string of the molecule is CCOc1cccc(-c2ccccc2CN2CCN(c3ccc(C(=O)NS(=O)(=O)CC45CC6CC(CC(C6)C4)C5)cc3)CC2)c1. The predicted molar refractivity (Wildman–Crippen MR) is 179 cm³/mol. The van der Waals surface area contributed by atoms with Crippen molar-refractivity contribution in [3.63, 3.8) is 0 Å². The van der Waals surface area contributed by atoms with E-state index in [9.17, 15) is 13.2 Å². The number of piperazine rings is 1. The number of nitrogens with one attached hydrogen (secondary N) is 1. The van der Waals surface area contributed by atoms with Crippen LogP contribution in [0, 0.1) is 23.2 Å². The molecule has 4 bridgehead atoms. The molecule has 4 aliphatic carbocycles. The van der Waals surface area contributed by atoms with E-state index in [-0.39, 0.29) is 11.2 Å². The van der Waals surface area contributed by atoms with Gasteiger partial charge in [0, 0.05) is 44.0 Å². The van der Waals surface area contributed by atoms with Crippen molar-refractivity contribution in [3.8, 4) is 16.9 Å². The van der Waals surface area contributed by atoms with Crippen molar-refractivity contribution in [1.29, 1.82) is 0 Å². The van der Waals surface area contributed by atoms with Gasteiger partial charge in [-0.2, -0.15) is 0 Å². The molecule has 1 saturated heterocycles. The van der Waals surface area contributed by atoms with E-state index in [2.05, 4.69) is 50.9 Å². The quantitative estimate of drug-likeness (QED) is 0.282. The lowest BCUT2D eigenvalue weighted by Crippen LogP contribution is -2.51. The fourth-order valence-electron chi connectivity index (χ4n) is 9.19. The second kappa shape index (κ2) is 12.4. The first-order chi connectivity index (χ1) is 21.8. The molecule has 8 rings (SSSR count). The Bertz CT molecular complexity index is 1590. The van der Waals surface area contributed by atoms with Gasteiger partial charge in [-0.1, -0.05) is 36.4 Å². The Morgan fingerprint density at radius 2 is 1.53 bits per heavy atom. The van der Waals surface area contributed by atoms with E-state index in [0.29, 0.717) is 29.9 Å². The van der Waals surface area contributed by atoms with Crippen LogP contribution in [0.25, 0.3) is 11.1 Å². The molecular weight excluding hydrogens is 582 g/mol. The van der Waals surface area contributed by atoms with Crippen LogP contribution in [0.5, 0.6) is 5.75 Å². The van der Waals surface area contributed by atoms with Crippen LogP contribution in [0.15, 0.2) is 72.8 Å². The first-order valence-corrected chi connectivity index (χ1v) is 18.3. The number of ether oxygens (including phenoxy) is 1. The zero-order valence-corrected chi connectivity index (χ0v) is 27.1. The van der Waals surface area contributed by atoms with Gasteiger partial charge in [0.05, 0.1) is 12.4 Å². The summed E-state index contributed by atoms with van der Waals surface area (Å²) < 4.78 is 34.5. The van der Waals surface area contributed by atoms with Crippen molar-refractivity contribution in [2.45, 2.75) is 52.0 Å². The van der Waals surface area contributed by atoms with Gasteiger partial charge >= 0.3 is 0 Å². The molecule has 5 aliphatic rings. The van der Waals surface area contributed by atoms with Crippen molar-refractivity contribution < 1.29 is 17.9 Å². The van der Waals surface area contributed by atoms with Crippen molar-refractivity contribution in [1.82, 2.24) is 9.62 Å². The molecule has 8 heteroatoms. The summed E-state index contributed by atoms with van der Waals surface area (Å²) in [5.74, 6) is 2.48. The van der Waals surface area contributed by atoms with Gasteiger partial charge in [-0.15, -0.1) is 0 Å². The van der Waals surface area contributed by atoms with E-state index in [4.69, 9.17) is 4.74 Å². The molecule has 4 saturated carbocycles. The number of benzene rings is 3. The molecule has 1 N–H and O–H groups in total. The zero-order chi connectivity index (χ0) is 31.0. The molecule has 0 spiro atoms. The Hall–Kier alpha value is -3.36. The van der Waals surface area contributed by atoms with Gasteiger partial charge in [-0.3, -0.25) is 9.69 Å². The third kappa shape index (κ3) is 6.77. The zero-order valence-electron chi connectivity index (χ0n) is 26.3. The van der Waals surface area contributed by atoms with Crippen LogP contribution in [0.1, 0.15) is 61.4 Å². The Labute approximate surface area is 268 Å². The van der Waals surface area contributed by atoms with Gasteiger partial charge in [0.1, 0.15) is 5.75 Å². The number of hydrogen-bond acceptors (Lipinski definition) is 6. The van der Waals surface area contributed by atoms with Crippen molar-refractivity contribution in [2.75, 3.05) is 43.4 Å². The fourth-order valence-corrected chi connectivity index (χ4v) is 10.8.